The van der Waals surface area contributed by atoms with Gasteiger partial charge in [-0.3, -0.25) is 4.79 Å². The van der Waals surface area contributed by atoms with Gasteiger partial charge >= 0.3 is 5.97 Å². The second-order valence-electron chi connectivity index (χ2n) is 11.3. The average molecular weight is 617 g/mol. The second kappa shape index (κ2) is 18.4. The van der Waals surface area contributed by atoms with Crippen LogP contribution < -0.4 is 15.4 Å². The predicted octanol–water partition coefficient (Wildman–Crippen LogP) is 0.0503. The lowest BCUT2D eigenvalue weighted by atomic mass is 9.99. The van der Waals surface area contributed by atoms with Gasteiger partial charge in [0, 0.05) is 19.1 Å². The number of benzene rings is 1. The molecule has 1 aromatic carbocycles. The molecule has 0 aromatic heterocycles. The molecule has 1 saturated heterocycles. The van der Waals surface area contributed by atoms with Gasteiger partial charge in [-0.05, 0) is 38.5 Å². The van der Waals surface area contributed by atoms with E-state index in [4.69, 9.17) is 28.4 Å². The van der Waals surface area contributed by atoms with Crippen molar-refractivity contribution in [2.45, 2.75) is 83.6 Å². The molecular weight excluding hydrogens is 568 g/mol. The maximum Gasteiger partial charge on any atom is 0.335 e. The van der Waals surface area contributed by atoms with Gasteiger partial charge in [-0.25, -0.2) is 4.79 Å². The van der Waals surface area contributed by atoms with Crippen LogP contribution in [0, 0.1) is 0 Å². The van der Waals surface area contributed by atoms with E-state index in [1.807, 2.05) is 20.8 Å². The molecule has 0 bridgehead atoms. The molecule has 0 spiro atoms. The van der Waals surface area contributed by atoms with Gasteiger partial charge in [0.2, 0.25) is 6.29 Å². The number of carbonyl (C=O) groups excluding carboxylic acids is 1. The molecule has 1 aliphatic rings. The average Bonchev–Trinajstić information content (AvgIpc) is 2.94. The Morgan fingerprint density at radius 3 is 2.09 bits per heavy atom. The predicted molar refractivity (Wildman–Crippen MR) is 154 cm³/mol. The summed E-state index contributed by atoms with van der Waals surface area (Å²) in [5.41, 5.74) is 0.287. The zero-order valence-electron chi connectivity index (χ0n) is 25.6. The number of nitrogens with one attached hydrogen (secondary N) is 2. The SMILES string of the molecule is CC(C)NCCOCCOCCOCCNC(=O)c1cc(COC(C)(C)C)ccc1O[C@@H]1O[C@H](C(=O)O)[C@@H](O)[C@H](O)[C@H]1O. The lowest BCUT2D eigenvalue weighted by Gasteiger charge is -2.38. The molecule has 1 amide bonds. The van der Waals surface area contributed by atoms with Crippen molar-refractivity contribution >= 4 is 11.9 Å². The van der Waals surface area contributed by atoms with Gasteiger partial charge in [-0.15, -0.1) is 0 Å². The van der Waals surface area contributed by atoms with Gasteiger partial charge in [-0.1, -0.05) is 19.9 Å². The molecule has 1 aromatic rings. The van der Waals surface area contributed by atoms with Crippen LogP contribution in [0.5, 0.6) is 5.75 Å². The molecular formula is C29H48N2O12. The third-order valence-corrected chi connectivity index (χ3v) is 6.09. The van der Waals surface area contributed by atoms with Crippen molar-refractivity contribution in [2.24, 2.45) is 0 Å². The highest BCUT2D eigenvalue weighted by Crippen LogP contribution is 2.28. The summed E-state index contributed by atoms with van der Waals surface area (Å²) < 4.78 is 33.1. The number of aliphatic hydroxyl groups is 3. The van der Waals surface area contributed by atoms with Crippen LogP contribution in [-0.2, 0) is 35.1 Å². The first-order valence-corrected chi connectivity index (χ1v) is 14.4. The fraction of sp³-hybridized carbons (Fsp3) is 0.724. The van der Waals surface area contributed by atoms with E-state index in [0.717, 1.165) is 6.54 Å². The van der Waals surface area contributed by atoms with E-state index < -0.39 is 48.2 Å². The number of carboxylic acid groups (broad SMARTS) is 1. The van der Waals surface area contributed by atoms with Crippen LogP contribution in [-0.4, -0.2) is 127 Å². The van der Waals surface area contributed by atoms with E-state index >= 15 is 0 Å². The number of carboxylic acids is 1. The zero-order chi connectivity index (χ0) is 32.0. The minimum absolute atomic E-state index is 0.0367. The zero-order valence-corrected chi connectivity index (χ0v) is 25.6. The summed E-state index contributed by atoms with van der Waals surface area (Å²) in [6.07, 6.45) is -9.02. The smallest absolute Gasteiger partial charge is 0.335 e. The third-order valence-electron chi connectivity index (χ3n) is 6.09. The minimum Gasteiger partial charge on any atom is -0.479 e. The fourth-order valence-electron chi connectivity index (χ4n) is 3.82. The van der Waals surface area contributed by atoms with Gasteiger partial charge in [0.25, 0.3) is 5.91 Å². The normalized spacial score (nSPS) is 22.5. The molecule has 6 N–H and O–H groups in total. The molecule has 1 heterocycles. The lowest BCUT2D eigenvalue weighted by molar-refractivity contribution is -0.271. The lowest BCUT2D eigenvalue weighted by Crippen LogP contribution is -2.61. The van der Waals surface area contributed by atoms with Crippen molar-refractivity contribution in [2.75, 3.05) is 52.7 Å². The van der Waals surface area contributed by atoms with Gasteiger partial charge in [0.1, 0.15) is 24.1 Å². The first-order valence-electron chi connectivity index (χ1n) is 14.4. The molecule has 5 atom stereocenters. The van der Waals surface area contributed by atoms with E-state index in [9.17, 15) is 30.0 Å². The Morgan fingerprint density at radius 1 is 0.907 bits per heavy atom. The third kappa shape index (κ3) is 13.4. The van der Waals surface area contributed by atoms with Crippen LogP contribution in [0.2, 0.25) is 0 Å². The largest absolute Gasteiger partial charge is 0.479 e. The highest BCUT2D eigenvalue weighted by atomic mass is 16.7. The van der Waals surface area contributed by atoms with Crippen LogP contribution in [0.3, 0.4) is 0 Å². The summed E-state index contributed by atoms with van der Waals surface area (Å²) in [5.74, 6) is -2.12. The van der Waals surface area contributed by atoms with E-state index in [-0.39, 0.29) is 31.1 Å². The molecule has 14 nitrogen and oxygen atoms in total. The molecule has 246 valence electrons. The van der Waals surface area contributed by atoms with Crippen LogP contribution in [0.1, 0.15) is 50.5 Å². The quantitative estimate of drug-likeness (QED) is 0.114. The Kier molecular flexibility index (Phi) is 15.8. The first-order chi connectivity index (χ1) is 20.3. The molecule has 0 aliphatic carbocycles. The summed E-state index contributed by atoms with van der Waals surface area (Å²) in [6, 6.07) is 5.06. The van der Waals surface area contributed by atoms with E-state index in [1.165, 1.54) is 6.07 Å². The monoisotopic (exact) mass is 616 g/mol. The van der Waals surface area contributed by atoms with Crippen molar-refractivity contribution in [3.8, 4) is 5.75 Å². The number of hydrogen-bond donors (Lipinski definition) is 6. The molecule has 2 rings (SSSR count). The number of aliphatic hydroxyl groups excluding tert-OH is 3. The Balaban J connectivity index is 1.90. The number of rotatable bonds is 19. The highest BCUT2D eigenvalue weighted by Gasteiger charge is 2.48. The second-order valence-corrected chi connectivity index (χ2v) is 11.3. The van der Waals surface area contributed by atoms with E-state index in [2.05, 4.69) is 24.5 Å². The number of hydrogen-bond acceptors (Lipinski definition) is 12. The molecule has 1 fully saturated rings. The highest BCUT2D eigenvalue weighted by molar-refractivity contribution is 5.97. The van der Waals surface area contributed by atoms with Crippen molar-refractivity contribution < 1.29 is 58.4 Å². The van der Waals surface area contributed by atoms with Gasteiger partial charge in [0.15, 0.2) is 6.10 Å². The topological polar surface area (TPSA) is 194 Å². The molecule has 0 radical (unpaired) electrons. The number of carbonyl (C=O) groups is 2. The molecule has 0 unspecified atom stereocenters. The van der Waals surface area contributed by atoms with Crippen LogP contribution in [0.25, 0.3) is 0 Å². The summed E-state index contributed by atoms with van der Waals surface area (Å²) in [6.45, 7) is 13.4. The molecule has 0 saturated carbocycles. The summed E-state index contributed by atoms with van der Waals surface area (Å²) >= 11 is 0. The number of aliphatic carboxylic acids is 1. The summed E-state index contributed by atoms with van der Waals surface area (Å²) in [7, 11) is 0. The molecule has 43 heavy (non-hydrogen) atoms. The standard InChI is InChI=1S/C29H48N2O12/c1-18(2)30-8-10-38-12-14-40-15-13-39-11-9-31-26(35)20-16-19(17-41-29(3,4)5)6-7-21(20)42-28-24(34)22(32)23(33)25(43-28)27(36)37/h6-7,16,18,22-25,28,30,32-34H,8-15,17H2,1-5H3,(H,31,35)(H,36,37)/t22-,23-,24+,25-,28+/m0/s1. The first kappa shape index (κ1) is 36.8. The Morgan fingerprint density at radius 2 is 1.51 bits per heavy atom. The molecule has 14 heteroatoms. The van der Waals surface area contributed by atoms with Gasteiger partial charge < -0.3 is 59.5 Å². The van der Waals surface area contributed by atoms with Gasteiger partial charge in [-0.2, -0.15) is 0 Å². The van der Waals surface area contributed by atoms with E-state index in [0.29, 0.717) is 44.6 Å². The van der Waals surface area contributed by atoms with Crippen LogP contribution >= 0.6 is 0 Å². The Hall–Kier alpha value is -2.40. The van der Waals surface area contributed by atoms with Crippen LogP contribution in [0.4, 0.5) is 0 Å². The van der Waals surface area contributed by atoms with Crippen molar-refractivity contribution in [3.63, 3.8) is 0 Å². The maximum absolute atomic E-state index is 13.1. The minimum atomic E-state index is -1.87. The van der Waals surface area contributed by atoms with E-state index in [1.54, 1.807) is 12.1 Å². The van der Waals surface area contributed by atoms with Crippen molar-refractivity contribution in [1.29, 1.82) is 0 Å². The summed E-state index contributed by atoms with van der Waals surface area (Å²) in [4.78, 5) is 24.6. The Bertz CT molecular complexity index is 987. The molecule has 1 aliphatic heterocycles. The fourth-order valence-corrected chi connectivity index (χ4v) is 3.82. The van der Waals surface area contributed by atoms with Crippen molar-refractivity contribution in [1.82, 2.24) is 10.6 Å². The Labute approximate surface area is 252 Å². The van der Waals surface area contributed by atoms with Crippen molar-refractivity contribution in [3.05, 3.63) is 29.3 Å². The number of amides is 1. The number of ether oxygens (including phenoxy) is 6. The maximum atomic E-state index is 13.1. The summed E-state index contributed by atoms with van der Waals surface area (Å²) in [5, 5.41) is 45.7. The van der Waals surface area contributed by atoms with Gasteiger partial charge in [0.05, 0.1) is 57.4 Å². The van der Waals surface area contributed by atoms with Crippen LogP contribution in [0.15, 0.2) is 18.2 Å².